The standard InChI is InChI=1S/C6H13NO2S/c1-3-4-5-6-10(8,9)7-2/h3,7H,1,4-6H2,2H3. The minimum atomic E-state index is -2.99. The normalized spacial score (nSPS) is 11.3. The van der Waals surface area contributed by atoms with Gasteiger partial charge in [-0.15, -0.1) is 6.58 Å². The second-order valence-electron chi connectivity index (χ2n) is 1.95. The number of sulfonamides is 1. The summed E-state index contributed by atoms with van der Waals surface area (Å²) in [6, 6.07) is 0. The van der Waals surface area contributed by atoms with Gasteiger partial charge in [-0.3, -0.25) is 0 Å². The molecule has 0 bridgehead atoms. The fourth-order valence-corrected chi connectivity index (χ4v) is 1.27. The Morgan fingerprint density at radius 3 is 2.60 bits per heavy atom. The molecule has 0 aliphatic carbocycles. The number of unbranched alkanes of at least 4 members (excludes halogenated alkanes) is 1. The van der Waals surface area contributed by atoms with Gasteiger partial charge in [-0.2, -0.15) is 0 Å². The van der Waals surface area contributed by atoms with E-state index in [9.17, 15) is 8.42 Å². The predicted molar refractivity (Wildman–Crippen MR) is 42.3 cm³/mol. The van der Waals surface area contributed by atoms with Crippen LogP contribution in [-0.4, -0.2) is 21.2 Å². The monoisotopic (exact) mass is 163 g/mol. The molecule has 0 aromatic carbocycles. The number of allylic oxidation sites excluding steroid dienone is 1. The van der Waals surface area contributed by atoms with E-state index < -0.39 is 10.0 Å². The molecule has 0 saturated heterocycles. The third-order valence-corrected chi connectivity index (χ3v) is 2.58. The van der Waals surface area contributed by atoms with Gasteiger partial charge in [0.2, 0.25) is 10.0 Å². The van der Waals surface area contributed by atoms with E-state index in [1.165, 1.54) is 7.05 Å². The highest BCUT2D eigenvalue weighted by Crippen LogP contribution is 1.93. The van der Waals surface area contributed by atoms with Gasteiger partial charge in [0.1, 0.15) is 0 Å². The van der Waals surface area contributed by atoms with Crippen LogP contribution in [0.15, 0.2) is 12.7 Å². The summed E-state index contributed by atoms with van der Waals surface area (Å²) in [7, 11) is -1.57. The van der Waals surface area contributed by atoms with Gasteiger partial charge >= 0.3 is 0 Å². The molecule has 60 valence electrons. The third kappa shape index (κ3) is 4.52. The molecule has 0 unspecified atom stereocenters. The maximum atomic E-state index is 10.7. The molecule has 3 nitrogen and oxygen atoms in total. The molecule has 0 amide bonds. The number of rotatable bonds is 5. The molecule has 0 rings (SSSR count). The van der Waals surface area contributed by atoms with Gasteiger partial charge < -0.3 is 0 Å². The third-order valence-electron chi connectivity index (χ3n) is 1.13. The van der Waals surface area contributed by atoms with E-state index in [0.717, 1.165) is 6.42 Å². The molecule has 10 heavy (non-hydrogen) atoms. The van der Waals surface area contributed by atoms with E-state index in [2.05, 4.69) is 11.3 Å². The van der Waals surface area contributed by atoms with Gasteiger partial charge in [-0.1, -0.05) is 6.08 Å². The molecule has 0 aromatic heterocycles. The van der Waals surface area contributed by atoms with E-state index in [4.69, 9.17) is 0 Å². The molecule has 1 N–H and O–H groups in total. The molecule has 0 radical (unpaired) electrons. The van der Waals surface area contributed by atoms with Crippen molar-refractivity contribution in [2.75, 3.05) is 12.8 Å². The van der Waals surface area contributed by atoms with Crippen molar-refractivity contribution in [3.8, 4) is 0 Å². The molecule has 0 spiro atoms. The van der Waals surface area contributed by atoms with Crippen molar-refractivity contribution in [1.82, 2.24) is 4.72 Å². The maximum Gasteiger partial charge on any atom is 0.211 e. The number of nitrogens with one attached hydrogen (secondary N) is 1. The lowest BCUT2D eigenvalue weighted by molar-refractivity contribution is 0.585. The lowest BCUT2D eigenvalue weighted by Crippen LogP contribution is -2.21. The summed E-state index contributed by atoms with van der Waals surface area (Å²) in [5.74, 6) is 0.190. The second kappa shape index (κ2) is 4.46. The summed E-state index contributed by atoms with van der Waals surface area (Å²) < 4.78 is 23.7. The smallest absolute Gasteiger partial charge is 0.211 e. The Kier molecular flexibility index (Phi) is 4.31. The van der Waals surface area contributed by atoms with Crippen molar-refractivity contribution >= 4 is 10.0 Å². The van der Waals surface area contributed by atoms with Crippen LogP contribution >= 0.6 is 0 Å². The molecule has 0 atom stereocenters. The average Bonchev–Trinajstić information content (AvgIpc) is 1.89. The molecule has 0 saturated carbocycles. The Morgan fingerprint density at radius 2 is 2.20 bits per heavy atom. The van der Waals surface area contributed by atoms with Gasteiger partial charge in [-0.05, 0) is 19.9 Å². The Morgan fingerprint density at radius 1 is 1.60 bits per heavy atom. The Hall–Kier alpha value is -0.350. The van der Waals surface area contributed by atoms with Crippen LogP contribution in [0.4, 0.5) is 0 Å². The molecule has 0 fully saturated rings. The fourth-order valence-electron chi connectivity index (χ4n) is 0.520. The highest BCUT2D eigenvalue weighted by molar-refractivity contribution is 7.89. The predicted octanol–water partition coefficient (Wildman–Crippen LogP) is 0.502. The largest absolute Gasteiger partial charge is 0.218 e. The van der Waals surface area contributed by atoms with Crippen molar-refractivity contribution in [1.29, 1.82) is 0 Å². The summed E-state index contributed by atoms with van der Waals surface area (Å²) in [6.07, 6.45) is 3.11. The quantitative estimate of drug-likeness (QED) is 0.474. The van der Waals surface area contributed by atoms with E-state index in [1.54, 1.807) is 6.08 Å². The second-order valence-corrected chi connectivity index (χ2v) is 4.00. The molecular formula is C6H13NO2S. The summed E-state index contributed by atoms with van der Waals surface area (Å²) in [5.41, 5.74) is 0. The number of hydrogen-bond acceptors (Lipinski definition) is 2. The van der Waals surface area contributed by atoms with E-state index >= 15 is 0 Å². The van der Waals surface area contributed by atoms with Crippen LogP contribution in [0.3, 0.4) is 0 Å². The zero-order chi connectivity index (χ0) is 8.04. The minimum Gasteiger partial charge on any atom is -0.218 e. The molecule has 0 heterocycles. The highest BCUT2D eigenvalue weighted by atomic mass is 32.2. The molecule has 0 aromatic rings. The van der Waals surface area contributed by atoms with Gasteiger partial charge in [0.25, 0.3) is 0 Å². The first-order valence-electron chi connectivity index (χ1n) is 3.14. The van der Waals surface area contributed by atoms with Crippen molar-refractivity contribution in [3.63, 3.8) is 0 Å². The first-order chi connectivity index (χ1) is 4.62. The zero-order valence-electron chi connectivity index (χ0n) is 6.13. The van der Waals surface area contributed by atoms with Crippen LogP contribution in [0, 0.1) is 0 Å². The Bertz CT molecular complexity index is 184. The summed E-state index contributed by atoms with van der Waals surface area (Å²) in [4.78, 5) is 0. The van der Waals surface area contributed by atoms with Crippen molar-refractivity contribution < 1.29 is 8.42 Å². The van der Waals surface area contributed by atoms with Crippen molar-refractivity contribution in [2.45, 2.75) is 12.8 Å². The molecule has 0 aliphatic heterocycles. The summed E-state index contributed by atoms with van der Waals surface area (Å²) in [5, 5.41) is 0. The topological polar surface area (TPSA) is 46.2 Å². The minimum absolute atomic E-state index is 0.190. The van der Waals surface area contributed by atoms with E-state index in [-0.39, 0.29) is 5.75 Å². The molecule has 0 aliphatic rings. The Labute approximate surface area is 62.2 Å². The van der Waals surface area contributed by atoms with E-state index in [0.29, 0.717) is 6.42 Å². The van der Waals surface area contributed by atoms with Gasteiger partial charge in [0, 0.05) is 0 Å². The van der Waals surface area contributed by atoms with Crippen molar-refractivity contribution in [2.24, 2.45) is 0 Å². The van der Waals surface area contributed by atoms with Gasteiger partial charge in [-0.25, -0.2) is 13.1 Å². The van der Waals surface area contributed by atoms with Crippen LogP contribution in [0.2, 0.25) is 0 Å². The molecule has 4 heteroatoms. The van der Waals surface area contributed by atoms with Crippen LogP contribution < -0.4 is 4.72 Å². The first-order valence-corrected chi connectivity index (χ1v) is 4.79. The fraction of sp³-hybridized carbons (Fsp3) is 0.667. The van der Waals surface area contributed by atoms with Crippen LogP contribution in [0.5, 0.6) is 0 Å². The van der Waals surface area contributed by atoms with Crippen molar-refractivity contribution in [3.05, 3.63) is 12.7 Å². The average molecular weight is 163 g/mol. The molecular weight excluding hydrogens is 150 g/mol. The van der Waals surface area contributed by atoms with Crippen LogP contribution in [-0.2, 0) is 10.0 Å². The highest BCUT2D eigenvalue weighted by Gasteiger charge is 2.03. The number of hydrogen-bond donors (Lipinski definition) is 1. The summed E-state index contributed by atoms with van der Waals surface area (Å²) >= 11 is 0. The lowest BCUT2D eigenvalue weighted by Gasteiger charge is -1.98. The summed E-state index contributed by atoms with van der Waals surface area (Å²) in [6.45, 7) is 3.49. The Balaban J connectivity index is 3.58. The lowest BCUT2D eigenvalue weighted by atomic mass is 10.3. The van der Waals surface area contributed by atoms with Crippen LogP contribution in [0.1, 0.15) is 12.8 Å². The van der Waals surface area contributed by atoms with Gasteiger partial charge in [0.05, 0.1) is 5.75 Å². The van der Waals surface area contributed by atoms with Gasteiger partial charge in [0.15, 0.2) is 0 Å². The SMILES string of the molecule is C=CCCCS(=O)(=O)NC. The van der Waals surface area contributed by atoms with E-state index in [1.807, 2.05) is 0 Å². The zero-order valence-corrected chi connectivity index (χ0v) is 6.95. The maximum absolute atomic E-state index is 10.7. The van der Waals surface area contributed by atoms with Crippen LogP contribution in [0.25, 0.3) is 0 Å². The first kappa shape index (κ1) is 9.65.